The maximum absolute atomic E-state index is 10.6. The highest BCUT2D eigenvalue weighted by atomic mass is 79.9. The fraction of sp³-hybridized carbons (Fsp3) is 0.400. The molecule has 0 unspecified atom stereocenters. The number of ether oxygens (including phenoxy) is 1. The van der Waals surface area contributed by atoms with Crippen LogP contribution in [0.4, 0.5) is 5.69 Å². The van der Waals surface area contributed by atoms with Crippen LogP contribution in [0, 0.1) is 10.1 Å². The van der Waals surface area contributed by atoms with Gasteiger partial charge in [0.1, 0.15) is 5.75 Å². The second-order valence-corrected chi connectivity index (χ2v) is 5.74. The van der Waals surface area contributed by atoms with E-state index in [1.54, 1.807) is 0 Å². The van der Waals surface area contributed by atoms with Gasteiger partial charge in [0.05, 0.1) is 20.5 Å². The third-order valence-electron chi connectivity index (χ3n) is 1.97. The topological polar surface area (TPSA) is 52.4 Å². The predicted octanol–water partition coefficient (Wildman–Crippen LogP) is 4.67. The molecular formula is C10H10Br3NO3. The number of halogens is 3. The van der Waals surface area contributed by atoms with E-state index in [1.165, 1.54) is 12.1 Å². The monoisotopic (exact) mass is 429 g/mol. The Morgan fingerprint density at radius 2 is 1.82 bits per heavy atom. The van der Waals surface area contributed by atoms with Gasteiger partial charge in [-0.05, 0) is 44.7 Å². The molecule has 7 heteroatoms. The molecule has 1 aromatic carbocycles. The molecule has 0 amide bonds. The van der Waals surface area contributed by atoms with E-state index < -0.39 is 4.92 Å². The zero-order valence-electron chi connectivity index (χ0n) is 8.79. The normalized spacial score (nSPS) is 10.3. The molecule has 17 heavy (non-hydrogen) atoms. The van der Waals surface area contributed by atoms with Gasteiger partial charge in [-0.2, -0.15) is 0 Å². The summed E-state index contributed by atoms with van der Waals surface area (Å²) in [4.78, 5) is 10.2. The summed E-state index contributed by atoms with van der Waals surface area (Å²) < 4.78 is 6.73. The number of benzene rings is 1. The fourth-order valence-electron chi connectivity index (χ4n) is 1.16. The molecule has 0 aromatic heterocycles. The third kappa shape index (κ3) is 4.56. The molecule has 0 aliphatic rings. The molecule has 0 radical (unpaired) electrons. The zero-order valence-corrected chi connectivity index (χ0v) is 13.5. The maximum atomic E-state index is 10.6. The van der Waals surface area contributed by atoms with Crippen molar-refractivity contribution in [2.24, 2.45) is 0 Å². The summed E-state index contributed by atoms with van der Waals surface area (Å²) in [5.41, 5.74) is 0.0246. The summed E-state index contributed by atoms with van der Waals surface area (Å²) in [7, 11) is 0. The minimum atomic E-state index is -0.440. The van der Waals surface area contributed by atoms with Crippen LogP contribution in [-0.2, 0) is 0 Å². The lowest BCUT2D eigenvalue weighted by molar-refractivity contribution is -0.385. The van der Waals surface area contributed by atoms with Crippen LogP contribution in [0.3, 0.4) is 0 Å². The van der Waals surface area contributed by atoms with Crippen LogP contribution in [0.15, 0.2) is 21.1 Å². The summed E-state index contributed by atoms with van der Waals surface area (Å²) in [5.74, 6) is 0.602. The molecule has 0 aliphatic heterocycles. The summed E-state index contributed by atoms with van der Waals surface area (Å²) in [6.45, 7) is 0.584. The summed E-state index contributed by atoms with van der Waals surface area (Å²) in [6.07, 6.45) is 1.96. The average molecular weight is 432 g/mol. The highest BCUT2D eigenvalue weighted by Gasteiger charge is 2.14. The quantitative estimate of drug-likeness (QED) is 0.284. The van der Waals surface area contributed by atoms with Gasteiger partial charge in [0.25, 0.3) is 5.69 Å². The largest absolute Gasteiger partial charge is 0.491 e. The lowest BCUT2D eigenvalue weighted by atomic mass is 10.3. The molecular weight excluding hydrogens is 422 g/mol. The molecule has 94 valence electrons. The van der Waals surface area contributed by atoms with Crippen molar-refractivity contribution in [3.63, 3.8) is 0 Å². The van der Waals surface area contributed by atoms with Gasteiger partial charge in [-0.25, -0.2) is 0 Å². The Morgan fingerprint density at radius 3 is 2.29 bits per heavy atom. The van der Waals surface area contributed by atoms with Crippen LogP contribution in [0.2, 0.25) is 0 Å². The zero-order chi connectivity index (χ0) is 12.8. The van der Waals surface area contributed by atoms with E-state index in [9.17, 15) is 10.1 Å². The summed E-state index contributed by atoms with van der Waals surface area (Å²) in [5, 5.41) is 11.6. The molecule has 1 rings (SSSR count). The van der Waals surface area contributed by atoms with Gasteiger partial charge in [0, 0.05) is 17.5 Å². The number of nitro benzene ring substituents is 1. The fourth-order valence-corrected chi connectivity index (χ4v) is 2.95. The van der Waals surface area contributed by atoms with E-state index in [0.29, 0.717) is 21.3 Å². The van der Waals surface area contributed by atoms with Crippen molar-refractivity contribution >= 4 is 53.5 Å². The van der Waals surface area contributed by atoms with Crippen LogP contribution in [-0.4, -0.2) is 16.9 Å². The van der Waals surface area contributed by atoms with Crippen LogP contribution in [0.1, 0.15) is 12.8 Å². The Hall–Kier alpha value is -0.140. The van der Waals surface area contributed by atoms with Gasteiger partial charge in [-0.3, -0.25) is 10.1 Å². The van der Waals surface area contributed by atoms with Gasteiger partial charge < -0.3 is 4.74 Å². The number of hydrogen-bond donors (Lipinski definition) is 0. The average Bonchev–Trinajstić information content (AvgIpc) is 2.26. The summed E-state index contributed by atoms with van der Waals surface area (Å²) >= 11 is 9.87. The first-order valence-electron chi connectivity index (χ1n) is 4.88. The number of nitrogens with zero attached hydrogens (tertiary/aromatic N) is 1. The van der Waals surface area contributed by atoms with E-state index in [1.807, 2.05) is 0 Å². The molecule has 0 bridgehead atoms. The van der Waals surface area contributed by atoms with E-state index >= 15 is 0 Å². The van der Waals surface area contributed by atoms with Crippen molar-refractivity contribution in [3.05, 3.63) is 31.2 Å². The van der Waals surface area contributed by atoms with Crippen LogP contribution < -0.4 is 4.74 Å². The predicted molar refractivity (Wildman–Crippen MR) is 77.0 cm³/mol. The van der Waals surface area contributed by atoms with Gasteiger partial charge in [-0.15, -0.1) is 0 Å². The molecule has 0 N–H and O–H groups in total. The van der Waals surface area contributed by atoms with Gasteiger partial charge in [0.15, 0.2) is 0 Å². The smallest absolute Gasteiger partial charge is 0.271 e. The van der Waals surface area contributed by atoms with E-state index in [2.05, 4.69) is 47.8 Å². The molecule has 0 fully saturated rings. The third-order valence-corrected chi connectivity index (χ3v) is 3.71. The number of unbranched alkanes of at least 4 members (excludes halogenated alkanes) is 1. The molecule has 4 nitrogen and oxygen atoms in total. The number of alkyl halides is 1. The van der Waals surface area contributed by atoms with Crippen LogP contribution in [0.25, 0.3) is 0 Å². The number of nitro groups is 1. The Bertz CT molecular complexity index is 389. The van der Waals surface area contributed by atoms with E-state index in [-0.39, 0.29) is 5.69 Å². The number of non-ortho nitro benzene ring substituents is 1. The molecule has 1 aromatic rings. The summed E-state index contributed by atoms with van der Waals surface area (Å²) in [6, 6.07) is 2.87. The first-order valence-corrected chi connectivity index (χ1v) is 7.59. The molecule has 0 spiro atoms. The van der Waals surface area contributed by atoms with Crippen LogP contribution >= 0.6 is 47.8 Å². The molecule has 0 atom stereocenters. The lowest BCUT2D eigenvalue weighted by Gasteiger charge is -2.09. The minimum Gasteiger partial charge on any atom is -0.491 e. The Balaban J connectivity index is 2.76. The second kappa shape index (κ2) is 7.33. The Kier molecular flexibility index (Phi) is 6.43. The highest BCUT2D eigenvalue weighted by molar-refractivity contribution is 9.11. The van der Waals surface area contributed by atoms with Crippen molar-refractivity contribution in [2.45, 2.75) is 12.8 Å². The van der Waals surface area contributed by atoms with E-state index in [0.717, 1.165) is 18.2 Å². The SMILES string of the molecule is O=[N+]([O-])c1cc(Br)c(OCCCCBr)c(Br)c1. The Labute approximate surface area is 124 Å². The van der Waals surface area contributed by atoms with Crippen molar-refractivity contribution in [3.8, 4) is 5.75 Å². The first-order chi connectivity index (χ1) is 8.06. The van der Waals surface area contributed by atoms with Gasteiger partial charge >= 0.3 is 0 Å². The van der Waals surface area contributed by atoms with Gasteiger partial charge in [0.2, 0.25) is 0 Å². The van der Waals surface area contributed by atoms with E-state index in [4.69, 9.17) is 4.74 Å². The van der Waals surface area contributed by atoms with Crippen molar-refractivity contribution in [2.75, 3.05) is 11.9 Å². The second-order valence-electron chi connectivity index (χ2n) is 3.24. The van der Waals surface area contributed by atoms with Gasteiger partial charge in [-0.1, -0.05) is 15.9 Å². The molecule has 0 saturated heterocycles. The molecule has 0 saturated carbocycles. The molecule has 0 heterocycles. The van der Waals surface area contributed by atoms with Crippen LogP contribution in [0.5, 0.6) is 5.75 Å². The number of rotatable bonds is 6. The van der Waals surface area contributed by atoms with Crippen molar-refractivity contribution < 1.29 is 9.66 Å². The highest BCUT2D eigenvalue weighted by Crippen LogP contribution is 2.37. The lowest BCUT2D eigenvalue weighted by Crippen LogP contribution is -1.99. The van der Waals surface area contributed by atoms with Crippen molar-refractivity contribution in [1.29, 1.82) is 0 Å². The Morgan fingerprint density at radius 1 is 1.24 bits per heavy atom. The molecule has 0 aliphatic carbocycles. The number of hydrogen-bond acceptors (Lipinski definition) is 3. The maximum Gasteiger partial charge on any atom is 0.271 e. The minimum absolute atomic E-state index is 0.0246. The standard InChI is InChI=1S/C10H10Br3NO3/c11-3-1-2-4-17-10-8(12)5-7(14(15)16)6-9(10)13/h5-6H,1-4H2. The van der Waals surface area contributed by atoms with Crippen molar-refractivity contribution in [1.82, 2.24) is 0 Å². The first kappa shape index (κ1) is 14.9.